The van der Waals surface area contributed by atoms with Crippen molar-refractivity contribution in [2.75, 3.05) is 11.9 Å². The number of anilines is 1. The van der Waals surface area contributed by atoms with Crippen LogP contribution < -0.4 is 5.32 Å². The van der Waals surface area contributed by atoms with Crippen LogP contribution in [0.4, 0.5) is 5.82 Å². The van der Waals surface area contributed by atoms with Gasteiger partial charge in [-0.3, -0.25) is 9.59 Å². The average molecular weight is 380 g/mol. The summed E-state index contributed by atoms with van der Waals surface area (Å²) in [6.07, 6.45) is 0. The highest BCUT2D eigenvalue weighted by molar-refractivity contribution is 9.10. The molecule has 6 nitrogen and oxygen atoms in total. The first-order valence-electron chi connectivity index (χ1n) is 7.16. The Morgan fingerprint density at radius 2 is 1.96 bits per heavy atom. The molecule has 0 aliphatic rings. The van der Waals surface area contributed by atoms with E-state index in [1.54, 1.807) is 37.3 Å². The zero-order valence-corrected chi connectivity index (χ0v) is 14.8. The fraction of sp³-hybridized carbons (Fsp3) is 0.312. The van der Waals surface area contributed by atoms with E-state index in [-0.39, 0.29) is 24.4 Å². The molecule has 0 bridgehead atoms. The molecule has 1 heterocycles. The number of rotatable bonds is 5. The number of hydrogen-bond acceptors (Lipinski definition) is 4. The lowest BCUT2D eigenvalue weighted by Crippen LogP contribution is -2.42. The number of benzene rings is 1. The molecule has 0 unspecified atom stereocenters. The highest BCUT2D eigenvalue weighted by Gasteiger charge is 2.22. The molecule has 0 atom stereocenters. The smallest absolute Gasteiger partial charge is 0.254 e. The lowest BCUT2D eigenvalue weighted by molar-refractivity contribution is -0.117. The van der Waals surface area contributed by atoms with Crippen LogP contribution >= 0.6 is 15.9 Å². The third-order valence-electron chi connectivity index (χ3n) is 3.18. The minimum absolute atomic E-state index is 0.0571. The van der Waals surface area contributed by atoms with Gasteiger partial charge in [0.1, 0.15) is 12.3 Å². The molecule has 2 aromatic rings. The Labute approximate surface area is 143 Å². The van der Waals surface area contributed by atoms with Crippen LogP contribution in [0.2, 0.25) is 0 Å². The van der Waals surface area contributed by atoms with Crippen molar-refractivity contribution in [3.8, 4) is 0 Å². The van der Waals surface area contributed by atoms with Gasteiger partial charge in [-0.1, -0.05) is 21.1 Å². The predicted octanol–water partition coefficient (Wildman–Crippen LogP) is 3.23. The van der Waals surface area contributed by atoms with Gasteiger partial charge in [-0.2, -0.15) is 0 Å². The molecule has 0 saturated carbocycles. The molecule has 23 heavy (non-hydrogen) atoms. The van der Waals surface area contributed by atoms with E-state index < -0.39 is 0 Å². The van der Waals surface area contributed by atoms with E-state index in [2.05, 4.69) is 26.4 Å². The summed E-state index contributed by atoms with van der Waals surface area (Å²) >= 11 is 3.34. The topological polar surface area (TPSA) is 75.4 Å². The van der Waals surface area contributed by atoms with Gasteiger partial charge in [0, 0.05) is 22.1 Å². The first-order valence-corrected chi connectivity index (χ1v) is 7.96. The molecule has 0 saturated heterocycles. The Hall–Kier alpha value is -2.15. The number of hydrogen-bond donors (Lipinski definition) is 1. The summed E-state index contributed by atoms with van der Waals surface area (Å²) in [5.41, 5.74) is 0.534. The molecule has 0 spiro atoms. The Morgan fingerprint density at radius 3 is 2.48 bits per heavy atom. The highest BCUT2D eigenvalue weighted by Crippen LogP contribution is 2.14. The number of aryl methyl sites for hydroxylation is 1. The van der Waals surface area contributed by atoms with E-state index in [9.17, 15) is 9.59 Å². The van der Waals surface area contributed by atoms with Gasteiger partial charge in [0.2, 0.25) is 5.91 Å². The van der Waals surface area contributed by atoms with Crippen LogP contribution in [0, 0.1) is 6.92 Å². The van der Waals surface area contributed by atoms with Crippen LogP contribution in [-0.2, 0) is 4.79 Å². The molecule has 1 aromatic carbocycles. The monoisotopic (exact) mass is 379 g/mol. The SMILES string of the molecule is Cc1cc(NC(=O)CN(C(=O)c2ccc(Br)cc2)C(C)C)no1. The molecular formula is C16H18BrN3O3. The molecule has 0 aliphatic carbocycles. The molecule has 0 fully saturated rings. The summed E-state index contributed by atoms with van der Waals surface area (Å²) in [5.74, 6) is 0.427. The average Bonchev–Trinajstić information content (AvgIpc) is 2.89. The van der Waals surface area contributed by atoms with E-state index in [4.69, 9.17) is 4.52 Å². The van der Waals surface area contributed by atoms with Crippen LogP contribution in [0.25, 0.3) is 0 Å². The van der Waals surface area contributed by atoms with Gasteiger partial charge in [0.15, 0.2) is 5.82 Å². The second-order valence-corrected chi connectivity index (χ2v) is 6.32. The molecular weight excluding hydrogens is 362 g/mol. The van der Waals surface area contributed by atoms with E-state index in [0.29, 0.717) is 17.1 Å². The Bertz CT molecular complexity index is 695. The predicted molar refractivity (Wildman–Crippen MR) is 90.2 cm³/mol. The van der Waals surface area contributed by atoms with Gasteiger partial charge < -0.3 is 14.7 Å². The van der Waals surface area contributed by atoms with Crippen LogP contribution in [0.15, 0.2) is 39.3 Å². The van der Waals surface area contributed by atoms with Crippen LogP contribution in [0.5, 0.6) is 0 Å². The molecule has 0 radical (unpaired) electrons. The third-order valence-corrected chi connectivity index (χ3v) is 3.71. The lowest BCUT2D eigenvalue weighted by Gasteiger charge is -2.26. The number of carbonyl (C=O) groups excluding carboxylic acids is 2. The number of carbonyl (C=O) groups is 2. The van der Waals surface area contributed by atoms with Crippen molar-refractivity contribution in [3.63, 3.8) is 0 Å². The number of amides is 2. The number of nitrogens with zero attached hydrogens (tertiary/aromatic N) is 2. The first-order chi connectivity index (χ1) is 10.9. The van der Waals surface area contributed by atoms with Crippen molar-refractivity contribution >= 4 is 33.6 Å². The lowest BCUT2D eigenvalue weighted by atomic mass is 10.1. The van der Waals surface area contributed by atoms with Crippen molar-refractivity contribution in [3.05, 3.63) is 46.1 Å². The second-order valence-electron chi connectivity index (χ2n) is 5.40. The highest BCUT2D eigenvalue weighted by atomic mass is 79.9. The van der Waals surface area contributed by atoms with Gasteiger partial charge in [-0.25, -0.2) is 0 Å². The van der Waals surface area contributed by atoms with Gasteiger partial charge >= 0.3 is 0 Å². The normalized spacial score (nSPS) is 10.7. The summed E-state index contributed by atoms with van der Waals surface area (Å²) in [6, 6.07) is 8.54. The van der Waals surface area contributed by atoms with Gasteiger partial charge in [0.05, 0.1) is 0 Å². The summed E-state index contributed by atoms with van der Waals surface area (Å²) < 4.78 is 5.79. The van der Waals surface area contributed by atoms with Crippen LogP contribution in [0.3, 0.4) is 0 Å². The van der Waals surface area contributed by atoms with Crippen molar-refractivity contribution in [2.24, 2.45) is 0 Å². The maximum absolute atomic E-state index is 12.6. The van der Waals surface area contributed by atoms with Crippen molar-refractivity contribution in [1.82, 2.24) is 10.1 Å². The number of halogens is 1. The molecule has 2 rings (SSSR count). The summed E-state index contributed by atoms with van der Waals surface area (Å²) in [5, 5.41) is 6.32. The Kier molecular flexibility index (Phi) is 5.54. The molecule has 2 amide bonds. The minimum atomic E-state index is -0.322. The zero-order chi connectivity index (χ0) is 17.0. The molecule has 1 N–H and O–H groups in total. The number of aromatic nitrogens is 1. The van der Waals surface area contributed by atoms with Gasteiger partial charge in [-0.15, -0.1) is 0 Å². The summed E-state index contributed by atoms with van der Waals surface area (Å²) in [7, 11) is 0. The molecule has 122 valence electrons. The fourth-order valence-electron chi connectivity index (χ4n) is 2.01. The maximum Gasteiger partial charge on any atom is 0.254 e. The van der Waals surface area contributed by atoms with Gasteiger partial charge in [0.25, 0.3) is 5.91 Å². The zero-order valence-electron chi connectivity index (χ0n) is 13.2. The largest absolute Gasteiger partial charge is 0.360 e. The van der Waals surface area contributed by atoms with E-state index in [1.807, 2.05) is 13.8 Å². The van der Waals surface area contributed by atoms with Gasteiger partial charge in [-0.05, 0) is 45.0 Å². The molecule has 0 aliphatic heterocycles. The molecule has 1 aromatic heterocycles. The third kappa shape index (κ3) is 4.66. The summed E-state index contributed by atoms with van der Waals surface area (Å²) in [4.78, 5) is 26.2. The van der Waals surface area contributed by atoms with E-state index in [0.717, 1.165) is 4.47 Å². The Balaban J connectivity index is 2.07. The van der Waals surface area contributed by atoms with Crippen molar-refractivity contribution in [1.29, 1.82) is 0 Å². The van der Waals surface area contributed by atoms with E-state index >= 15 is 0 Å². The van der Waals surface area contributed by atoms with Crippen LogP contribution in [-0.4, -0.2) is 34.5 Å². The van der Waals surface area contributed by atoms with Crippen molar-refractivity contribution in [2.45, 2.75) is 26.8 Å². The van der Waals surface area contributed by atoms with Crippen molar-refractivity contribution < 1.29 is 14.1 Å². The second kappa shape index (κ2) is 7.41. The standard InChI is InChI=1S/C16H18BrN3O3/c1-10(2)20(16(22)12-4-6-13(17)7-5-12)9-15(21)18-14-8-11(3)23-19-14/h4-8,10H,9H2,1-3H3,(H,18,19,21). The molecule has 7 heteroatoms. The fourth-order valence-corrected chi connectivity index (χ4v) is 2.27. The maximum atomic E-state index is 12.6. The minimum Gasteiger partial charge on any atom is -0.360 e. The summed E-state index contributed by atoms with van der Waals surface area (Å²) in [6.45, 7) is 5.41. The first kappa shape index (κ1) is 17.2. The quantitative estimate of drug-likeness (QED) is 0.864. The van der Waals surface area contributed by atoms with Crippen LogP contribution in [0.1, 0.15) is 30.0 Å². The number of nitrogens with one attached hydrogen (secondary N) is 1. The Morgan fingerprint density at radius 1 is 1.30 bits per heavy atom. The van der Waals surface area contributed by atoms with E-state index in [1.165, 1.54) is 4.90 Å².